The zero-order chi connectivity index (χ0) is 21.5. The molecule has 0 aromatic heterocycles. The maximum atomic E-state index is 13.9. The van der Waals surface area contributed by atoms with Crippen molar-refractivity contribution >= 4 is 23.3 Å². The molecule has 0 radical (unpaired) electrons. The number of fused-ring (bicyclic) bond motifs is 1. The molecule has 1 saturated heterocycles. The Morgan fingerprint density at radius 2 is 1.57 bits per heavy atom. The summed E-state index contributed by atoms with van der Waals surface area (Å²) >= 11 is 0. The highest BCUT2D eigenvalue weighted by molar-refractivity contribution is 6.35. The summed E-state index contributed by atoms with van der Waals surface area (Å²) in [5.41, 5.74) is -2.17. The van der Waals surface area contributed by atoms with Gasteiger partial charge in [-0.1, -0.05) is 67.2 Å². The zero-order valence-corrected chi connectivity index (χ0v) is 16.6. The first-order chi connectivity index (χ1) is 14.5. The van der Waals surface area contributed by atoms with Crippen LogP contribution in [0.1, 0.15) is 11.1 Å². The highest BCUT2D eigenvalue weighted by Gasteiger charge is 2.76. The topological polar surface area (TPSA) is 78.9 Å². The van der Waals surface area contributed by atoms with Gasteiger partial charge >= 0.3 is 11.9 Å². The number of ether oxygens (including phenoxy) is 3. The third kappa shape index (κ3) is 2.25. The monoisotopic (exact) mass is 404 g/mol. The molecular weight excluding hydrogens is 384 g/mol. The van der Waals surface area contributed by atoms with Crippen molar-refractivity contribution < 1.29 is 28.6 Å². The molecular formula is C24H20O6. The molecule has 2 aromatic rings. The number of hydrogen-bond acceptors (Lipinski definition) is 6. The first kappa shape index (κ1) is 19.8. The van der Waals surface area contributed by atoms with E-state index in [1.165, 1.54) is 14.2 Å². The van der Waals surface area contributed by atoms with Gasteiger partial charge in [-0.2, -0.15) is 0 Å². The first-order valence-electron chi connectivity index (χ1n) is 9.36. The van der Waals surface area contributed by atoms with Gasteiger partial charge in [0.1, 0.15) is 11.2 Å². The van der Waals surface area contributed by atoms with Crippen molar-refractivity contribution in [2.75, 3.05) is 20.8 Å². The second-order valence-electron chi connectivity index (χ2n) is 7.12. The molecule has 6 heteroatoms. The maximum Gasteiger partial charge on any atom is 0.341 e. The Labute approximate surface area is 173 Å². The van der Waals surface area contributed by atoms with E-state index in [2.05, 4.69) is 6.58 Å². The molecule has 0 bridgehead atoms. The summed E-state index contributed by atoms with van der Waals surface area (Å²) in [5.74, 6) is -2.40. The Balaban J connectivity index is 2.20. The number of hydrogen-bond donors (Lipinski definition) is 0. The van der Waals surface area contributed by atoms with E-state index in [4.69, 9.17) is 14.2 Å². The maximum absolute atomic E-state index is 13.9. The summed E-state index contributed by atoms with van der Waals surface area (Å²) < 4.78 is 16.3. The van der Waals surface area contributed by atoms with Crippen LogP contribution in [0.25, 0.3) is 5.57 Å². The second-order valence-corrected chi connectivity index (χ2v) is 7.12. The van der Waals surface area contributed by atoms with Gasteiger partial charge in [0.25, 0.3) is 0 Å². The smallest absolute Gasteiger partial charge is 0.341 e. The molecule has 6 nitrogen and oxygen atoms in total. The molecule has 0 unspecified atom stereocenters. The van der Waals surface area contributed by atoms with Gasteiger partial charge in [-0.05, 0) is 16.7 Å². The van der Waals surface area contributed by atoms with E-state index in [9.17, 15) is 14.4 Å². The quantitative estimate of drug-likeness (QED) is 0.338. The van der Waals surface area contributed by atoms with Gasteiger partial charge in [0.2, 0.25) is 0 Å². The van der Waals surface area contributed by atoms with Crippen molar-refractivity contribution in [3.05, 3.63) is 89.5 Å². The third-order valence-electron chi connectivity index (χ3n) is 5.81. The first-order valence-corrected chi connectivity index (χ1v) is 9.36. The van der Waals surface area contributed by atoms with Crippen LogP contribution in [0.15, 0.2) is 78.4 Å². The Kier molecular flexibility index (Phi) is 4.67. The number of rotatable bonds is 4. The number of benzene rings is 2. The molecule has 1 heterocycles. The van der Waals surface area contributed by atoms with E-state index in [0.717, 1.165) is 0 Å². The lowest BCUT2D eigenvalue weighted by Gasteiger charge is -2.38. The summed E-state index contributed by atoms with van der Waals surface area (Å²) in [6.07, 6.45) is 0. The van der Waals surface area contributed by atoms with Gasteiger partial charge in [-0.3, -0.25) is 9.59 Å². The Hall–Kier alpha value is -3.51. The SMILES string of the molecule is C=C1CO[C@@]2(c3ccccc3)C(c3ccccc3)=C(C(=O)OC)C(=O)[C@@]12C(=O)OC. The summed E-state index contributed by atoms with van der Waals surface area (Å²) in [5, 5.41) is 0. The van der Waals surface area contributed by atoms with Crippen LogP contribution in [0.5, 0.6) is 0 Å². The van der Waals surface area contributed by atoms with Crippen molar-refractivity contribution in [1.29, 1.82) is 0 Å². The Morgan fingerprint density at radius 1 is 0.967 bits per heavy atom. The van der Waals surface area contributed by atoms with E-state index in [1.54, 1.807) is 48.5 Å². The predicted molar refractivity (Wildman–Crippen MR) is 108 cm³/mol. The van der Waals surface area contributed by atoms with Gasteiger partial charge < -0.3 is 14.2 Å². The number of carbonyl (C=O) groups excluding carboxylic acids is 3. The van der Waals surface area contributed by atoms with Gasteiger partial charge in [0.15, 0.2) is 11.2 Å². The lowest BCUT2D eigenvalue weighted by atomic mass is 9.64. The van der Waals surface area contributed by atoms with Gasteiger partial charge in [0, 0.05) is 5.57 Å². The van der Waals surface area contributed by atoms with E-state index in [1.807, 2.05) is 12.1 Å². The van der Waals surface area contributed by atoms with E-state index < -0.39 is 28.7 Å². The van der Waals surface area contributed by atoms with Crippen molar-refractivity contribution in [2.45, 2.75) is 5.60 Å². The lowest BCUT2D eigenvalue weighted by molar-refractivity contribution is -0.161. The molecule has 2 atom stereocenters. The fourth-order valence-electron chi connectivity index (χ4n) is 4.62. The van der Waals surface area contributed by atoms with Gasteiger partial charge in [-0.25, -0.2) is 4.79 Å². The van der Waals surface area contributed by atoms with E-state index in [0.29, 0.717) is 11.1 Å². The molecule has 0 spiro atoms. The van der Waals surface area contributed by atoms with Crippen molar-refractivity contribution in [1.82, 2.24) is 0 Å². The van der Waals surface area contributed by atoms with Gasteiger partial charge in [0.05, 0.1) is 20.8 Å². The number of Topliss-reactive ketones (excluding diaryl/α,β-unsaturated/α-hetero) is 1. The van der Waals surface area contributed by atoms with E-state index in [-0.39, 0.29) is 23.3 Å². The number of ketones is 1. The minimum absolute atomic E-state index is 0.0412. The number of carbonyl (C=O) groups is 3. The molecule has 0 amide bonds. The van der Waals surface area contributed by atoms with Crippen molar-refractivity contribution in [3.63, 3.8) is 0 Å². The molecule has 1 aliphatic heterocycles. The number of esters is 2. The summed E-state index contributed by atoms with van der Waals surface area (Å²) in [6.45, 7) is 3.94. The molecule has 1 aliphatic carbocycles. The van der Waals surface area contributed by atoms with Crippen LogP contribution in [0.4, 0.5) is 0 Å². The Morgan fingerprint density at radius 3 is 2.13 bits per heavy atom. The fourth-order valence-corrected chi connectivity index (χ4v) is 4.62. The molecule has 0 N–H and O–H groups in total. The zero-order valence-electron chi connectivity index (χ0n) is 16.6. The molecule has 4 rings (SSSR count). The van der Waals surface area contributed by atoms with Crippen LogP contribution in [-0.4, -0.2) is 38.5 Å². The average Bonchev–Trinajstić information content (AvgIpc) is 3.23. The van der Waals surface area contributed by atoms with Crippen molar-refractivity contribution in [2.24, 2.45) is 5.41 Å². The minimum Gasteiger partial charge on any atom is -0.468 e. The molecule has 1 fully saturated rings. The summed E-state index contributed by atoms with van der Waals surface area (Å²) in [7, 11) is 2.39. The molecule has 152 valence electrons. The van der Waals surface area contributed by atoms with Crippen LogP contribution in [0.2, 0.25) is 0 Å². The van der Waals surface area contributed by atoms with Crippen molar-refractivity contribution in [3.8, 4) is 0 Å². The summed E-state index contributed by atoms with van der Waals surface area (Å²) in [4.78, 5) is 40.0. The van der Waals surface area contributed by atoms with Crippen LogP contribution in [0, 0.1) is 5.41 Å². The highest BCUT2D eigenvalue weighted by Crippen LogP contribution is 2.66. The number of methoxy groups -OCH3 is 2. The van der Waals surface area contributed by atoms with Crippen LogP contribution >= 0.6 is 0 Å². The standard InChI is InChI=1S/C24H20O6/c1-15-14-30-24(17-12-8-5-9-13-17)19(16-10-6-4-7-11-16)18(21(26)28-2)20(25)23(15,24)22(27)29-3/h4-13H,1,14H2,2-3H3/t23-,24+/m1/s1. The fraction of sp³-hybridized carbons (Fsp3) is 0.208. The largest absolute Gasteiger partial charge is 0.468 e. The molecule has 2 aromatic carbocycles. The lowest BCUT2D eigenvalue weighted by Crippen LogP contribution is -2.51. The minimum atomic E-state index is -1.93. The summed E-state index contributed by atoms with van der Waals surface area (Å²) in [6, 6.07) is 17.8. The van der Waals surface area contributed by atoms with Gasteiger partial charge in [-0.15, -0.1) is 0 Å². The third-order valence-corrected chi connectivity index (χ3v) is 5.81. The second kappa shape index (κ2) is 7.07. The molecule has 2 aliphatic rings. The molecule has 0 saturated carbocycles. The average molecular weight is 404 g/mol. The Bertz CT molecular complexity index is 1090. The molecule has 30 heavy (non-hydrogen) atoms. The van der Waals surface area contributed by atoms with Crippen LogP contribution in [-0.2, 0) is 34.2 Å². The predicted octanol–water partition coefficient (Wildman–Crippen LogP) is 2.84. The van der Waals surface area contributed by atoms with E-state index >= 15 is 0 Å². The highest BCUT2D eigenvalue weighted by atomic mass is 16.5. The normalized spacial score (nSPS) is 25.3. The van der Waals surface area contributed by atoms with Crippen LogP contribution in [0.3, 0.4) is 0 Å². The van der Waals surface area contributed by atoms with Crippen LogP contribution < -0.4 is 0 Å².